The number of primary amides is 2. The maximum Gasteiger partial charge on any atom is 0.326 e. The van der Waals surface area contributed by atoms with E-state index in [1.54, 1.807) is 13.8 Å². The highest BCUT2D eigenvalue weighted by atomic mass is 16.4. The van der Waals surface area contributed by atoms with Gasteiger partial charge in [-0.05, 0) is 31.6 Å². The van der Waals surface area contributed by atoms with Crippen LogP contribution in [0, 0.1) is 5.92 Å². The molecule has 1 fully saturated rings. The van der Waals surface area contributed by atoms with Crippen molar-refractivity contribution in [1.29, 1.82) is 0 Å². The molecule has 0 aliphatic carbocycles. The van der Waals surface area contributed by atoms with Gasteiger partial charge in [0, 0.05) is 13.0 Å². The van der Waals surface area contributed by atoms with E-state index in [1.807, 2.05) is 0 Å². The number of nitrogens with one attached hydrogen (secondary N) is 2. The Kier molecular flexibility index (Phi) is 10.7. The lowest BCUT2D eigenvalue weighted by molar-refractivity contribution is -0.143. The molecule has 0 spiro atoms. The van der Waals surface area contributed by atoms with Gasteiger partial charge in [-0.25, -0.2) is 4.79 Å². The Bertz CT molecular complexity index is 772. The van der Waals surface area contributed by atoms with Crippen LogP contribution in [0.1, 0.15) is 52.4 Å². The van der Waals surface area contributed by atoms with Gasteiger partial charge < -0.3 is 37.8 Å². The third kappa shape index (κ3) is 9.04. The van der Waals surface area contributed by atoms with Gasteiger partial charge in [-0.15, -0.1) is 0 Å². The van der Waals surface area contributed by atoms with Crippen LogP contribution in [0.15, 0.2) is 0 Å². The van der Waals surface area contributed by atoms with Gasteiger partial charge in [-0.1, -0.05) is 13.8 Å². The van der Waals surface area contributed by atoms with Crippen LogP contribution in [0.3, 0.4) is 0 Å². The van der Waals surface area contributed by atoms with Gasteiger partial charge in [0.15, 0.2) is 0 Å². The summed E-state index contributed by atoms with van der Waals surface area (Å²) >= 11 is 0. The van der Waals surface area contributed by atoms with Crippen molar-refractivity contribution in [3.8, 4) is 0 Å². The van der Waals surface area contributed by atoms with E-state index < -0.39 is 66.1 Å². The van der Waals surface area contributed by atoms with Crippen LogP contribution in [0.5, 0.6) is 0 Å². The molecular weight excluding hydrogens is 436 g/mol. The number of amides is 5. The summed E-state index contributed by atoms with van der Waals surface area (Å²) in [5.74, 6) is -4.87. The number of hydrogen-bond acceptors (Lipinski definition) is 7. The average molecular weight is 471 g/mol. The molecular formula is C20H34N6O7. The SMILES string of the molecule is CC(C)CC(NC(=O)C(CC(N)=O)NC(=O)C1CCCN1C(=O)C(N)CCC(N)=O)C(=O)O. The molecule has 4 unspecified atom stereocenters. The second-order valence-electron chi connectivity index (χ2n) is 8.56. The Morgan fingerprint density at radius 1 is 1.03 bits per heavy atom. The highest BCUT2D eigenvalue weighted by Crippen LogP contribution is 2.19. The standard InChI is InChI=1S/C20H34N6O7/c1-10(2)8-13(20(32)33)25-17(29)12(9-16(23)28)24-18(30)14-4-3-7-26(14)19(31)11(21)5-6-15(22)27/h10-14H,3-9,21H2,1-2H3,(H2,22,27)(H2,23,28)(H,24,30)(H,25,29)(H,32,33). The molecule has 9 N–H and O–H groups in total. The summed E-state index contributed by atoms with van der Waals surface area (Å²) in [7, 11) is 0. The number of aliphatic carboxylic acids is 1. The number of rotatable bonds is 13. The molecule has 0 saturated carbocycles. The van der Waals surface area contributed by atoms with E-state index >= 15 is 0 Å². The van der Waals surface area contributed by atoms with E-state index in [2.05, 4.69) is 10.6 Å². The third-order valence-electron chi connectivity index (χ3n) is 5.22. The summed E-state index contributed by atoms with van der Waals surface area (Å²) in [6.45, 7) is 3.82. The molecule has 1 aliphatic heterocycles. The maximum atomic E-state index is 12.9. The van der Waals surface area contributed by atoms with Gasteiger partial charge in [-0.2, -0.15) is 0 Å². The fraction of sp³-hybridized carbons (Fsp3) is 0.700. The van der Waals surface area contributed by atoms with Crippen molar-refractivity contribution in [2.45, 2.75) is 76.5 Å². The highest BCUT2D eigenvalue weighted by molar-refractivity contribution is 5.96. The molecule has 0 radical (unpaired) electrons. The molecule has 1 rings (SSSR count). The maximum absolute atomic E-state index is 12.9. The molecule has 33 heavy (non-hydrogen) atoms. The van der Waals surface area contributed by atoms with Crippen LogP contribution in [-0.2, 0) is 28.8 Å². The van der Waals surface area contributed by atoms with E-state index in [0.29, 0.717) is 12.8 Å². The van der Waals surface area contributed by atoms with Crippen LogP contribution < -0.4 is 27.8 Å². The first kappa shape index (κ1) is 27.8. The molecule has 0 aromatic carbocycles. The Morgan fingerprint density at radius 3 is 2.18 bits per heavy atom. The fourth-order valence-electron chi connectivity index (χ4n) is 3.58. The quantitative estimate of drug-likeness (QED) is 0.169. The second-order valence-corrected chi connectivity index (χ2v) is 8.56. The minimum atomic E-state index is -1.41. The lowest BCUT2D eigenvalue weighted by Gasteiger charge is -2.28. The van der Waals surface area contributed by atoms with E-state index in [4.69, 9.17) is 17.2 Å². The van der Waals surface area contributed by atoms with Gasteiger partial charge in [-0.3, -0.25) is 24.0 Å². The molecule has 4 atom stereocenters. The van der Waals surface area contributed by atoms with Crippen molar-refractivity contribution in [1.82, 2.24) is 15.5 Å². The first-order valence-electron chi connectivity index (χ1n) is 10.8. The normalized spacial score (nSPS) is 18.3. The van der Waals surface area contributed by atoms with Crippen LogP contribution in [0.2, 0.25) is 0 Å². The monoisotopic (exact) mass is 470 g/mol. The Morgan fingerprint density at radius 2 is 1.67 bits per heavy atom. The Hall–Kier alpha value is -3.22. The molecule has 0 bridgehead atoms. The van der Waals surface area contributed by atoms with E-state index in [9.17, 15) is 33.9 Å². The van der Waals surface area contributed by atoms with Crippen molar-refractivity contribution in [3.63, 3.8) is 0 Å². The zero-order chi connectivity index (χ0) is 25.3. The average Bonchev–Trinajstić information content (AvgIpc) is 3.19. The largest absolute Gasteiger partial charge is 0.480 e. The number of likely N-dealkylation sites (tertiary alicyclic amines) is 1. The number of carbonyl (C=O) groups excluding carboxylic acids is 5. The smallest absolute Gasteiger partial charge is 0.326 e. The minimum Gasteiger partial charge on any atom is -0.480 e. The summed E-state index contributed by atoms with van der Waals surface area (Å²) in [4.78, 5) is 73.3. The number of carboxylic acids is 1. The van der Waals surface area contributed by atoms with E-state index in [0.717, 1.165) is 0 Å². The lowest BCUT2D eigenvalue weighted by atomic mass is 10.0. The van der Waals surface area contributed by atoms with Crippen LogP contribution in [0.4, 0.5) is 0 Å². The Labute approximate surface area is 191 Å². The van der Waals surface area contributed by atoms with E-state index in [-0.39, 0.29) is 31.7 Å². The second kappa shape index (κ2) is 12.7. The zero-order valence-corrected chi connectivity index (χ0v) is 18.9. The van der Waals surface area contributed by atoms with Crippen LogP contribution in [0.25, 0.3) is 0 Å². The predicted molar refractivity (Wildman–Crippen MR) is 116 cm³/mol. The molecule has 1 aliphatic rings. The van der Waals surface area contributed by atoms with Gasteiger partial charge in [0.2, 0.25) is 29.5 Å². The molecule has 186 valence electrons. The fourth-order valence-corrected chi connectivity index (χ4v) is 3.58. The van der Waals surface area contributed by atoms with Gasteiger partial charge in [0.05, 0.1) is 12.5 Å². The molecule has 13 heteroatoms. The van der Waals surface area contributed by atoms with Crippen molar-refractivity contribution in [2.24, 2.45) is 23.1 Å². The molecule has 13 nitrogen and oxygen atoms in total. The van der Waals surface area contributed by atoms with Crippen LogP contribution in [-0.4, -0.2) is 76.2 Å². The number of nitrogens with two attached hydrogens (primary N) is 3. The van der Waals surface area contributed by atoms with Gasteiger partial charge in [0.1, 0.15) is 18.1 Å². The van der Waals surface area contributed by atoms with Crippen molar-refractivity contribution >= 4 is 35.5 Å². The number of carboxylic acid groups (broad SMARTS) is 1. The minimum absolute atomic E-state index is 0.0259. The van der Waals surface area contributed by atoms with Gasteiger partial charge in [0.25, 0.3) is 0 Å². The van der Waals surface area contributed by atoms with Crippen molar-refractivity contribution < 1.29 is 33.9 Å². The zero-order valence-electron chi connectivity index (χ0n) is 18.9. The summed E-state index contributed by atoms with van der Waals surface area (Å²) in [5.41, 5.74) is 16.1. The molecule has 0 aromatic heterocycles. The predicted octanol–water partition coefficient (Wildman–Crippen LogP) is -2.45. The third-order valence-corrected chi connectivity index (χ3v) is 5.22. The Balaban J connectivity index is 2.90. The lowest BCUT2D eigenvalue weighted by Crippen LogP contribution is -2.57. The molecule has 1 saturated heterocycles. The van der Waals surface area contributed by atoms with Crippen molar-refractivity contribution in [3.05, 3.63) is 0 Å². The topological polar surface area (TPSA) is 228 Å². The van der Waals surface area contributed by atoms with Crippen molar-refractivity contribution in [2.75, 3.05) is 6.54 Å². The summed E-state index contributed by atoms with van der Waals surface area (Å²) in [6.07, 6.45) is 0.346. The molecule has 5 amide bonds. The summed E-state index contributed by atoms with van der Waals surface area (Å²) in [5, 5.41) is 14.1. The first-order chi connectivity index (χ1) is 15.3. The number of nitrogens with zero attached hydrogens (tertiary/aromatic N) is 1. The summed E-state index contributed by atoms with van der Waals surface area (Å²) in [6, 6.07) is -4.59. The van der Waals surface area contributed by atoms with Gasteiger partial charge >= 0.3 is 5.97 Å². The number of carbonyl (C=O) groups is 6. The molecule has 1 heterocycles. The highest BCUT2D eigenvalue weighted by Gasteiger charge is 2.38. The van der Waals surface area contributed by atoms with E-state index in [1.165, 1.54) is 4.90 Å². The first-order valence-corrected chi connectivity index (χ1v) is 10.8. The van der Waals surface area contributed by atoms with Crippen LogP contribution >= 0.6 is 0 Å². The molecule has 0 aromatic rings. The number of hydrogen-bond donors (Lipinski definition) is 6. The summed E-state index contributed by atoms with van der Waals surface area (Å²) < 4.78 is 0.